The van der Waals surface area contributed by atoms with Gasteiger partial charge in [0.15, 0.2) is 0 Å². The molecule has 0 aliphatic carbocycles. The Morgan fingerprint density at radius 2 is 1.80 bits per heavy atom. The molecule has 0 heterocycles. The monoisotopic (exact) mass is 294 g/mol. The molecule has 0 nitrogen and oxygen atoms in total. The van der Waals surface area contributed by atoms with Crippen LogP contribution in [0, 0.1) is 0 Å². The average molecular weight is 296 g/mol. The molecule has 4 heteroatoms. The number of allylic oxidation sites excluding steroid dienone is 1. The van der Waals surface area contributed by atoms with Gasteiger partial charge >= 0.3 is 0 Å². The van der Waals surface area contributed by atoms with Crippen molar-refractivity contribution >= 4 is 27.5 Å². The summed E-state index contributed by atoms with van der Waals surface area (Å²) in [5.41, 5.74) is 1.17. The Bertz CT molecular complexity index is 342. The lowest BCUT2D eigenvalue weighted by Gasteiger charge is -2.03. The van der Waals surface area contributed by atoms with Crippen molar-refractivity contribution in [2.45, 2.75) is 12.8 Å². The summed E-state index contributed by atoms with van der Waals surface area (Å²) < 4.78 is 24.6. The minimum Gasteiger partial charge on any atom is -0.173 e. The zero-order valence-corrected chi connectivity index (χ0v) is 10.3. The van der Waals surface area contributed by atoms with Crippen LogP contribution in [0.2, 0.25) is 5.02 Å². The Labute approximate surface area is 101 Å². The first kappa shape index (κ1) is 12.7. The van der Waals surface area contributed by atoms with Crippen molar-refractivity contribution in [3.63, 3.8) is 0 Å². The van der Waals surface area contributed by atoms with Crippen LogP contribution in [0.25, 0.3) is 0 Å². The third-order valence-electron chi connectivity index (χ3n) is 2.06. The molecule has 0 N–H and O–H groups in total. The van der Waals surface area contributed by atoms with Gasteiger partial charge in [-0.3, -0.25) is 0 Å². The number of hydrogen-bond donors (Lipinski definition) is 0. The zero-order valence-electron chi connectivity index (χ0n) is 7.94. The molecule has 0 saturated heterocycles. The maximum absolute atomic E-state index is 12.3. The van der Waals surface area contributed by atoms with Gasteiger partial charge in [0.1, 0.15) is 0 Å². The summed E-state index contributed by atoms with van der Waals surface area (Å²) in [5, 5.41) is 0.884. The van der Waals surface area contributed by atoms with Gasteiger partial charge in [-0.15, -0.1) is 0 Å². The van der Waals surface area contributed by atoms with Crippen LogP contribution in [-0.2, 0) is 6.42 Å². The summed E-state index contributed by atoms with van der Waals surface area (Å²) in [7, 11) is 0. The van der Waals surface area contributed by atoms with Crippen LogP contribution >= 0.6 is 27.5 Å². The maximum atomic E-state index is 12.3. The first-order chi connectivity index (χ1) is 7.13. The molecule has 15 heavy (non-hydrogen) atoms. The van der Waals surface area contributed by atoms with Crippen molar-refractivity contribution in [2.24, 2.45) is 0 Å². The fourth-order valence-corrected chi connectivity index (χ4v) is 1.78. The van der Waals surface area contributed by atoms with Gasteiger partial charge < -0.3 is 0 Å². The quantitative estimate of drug-likeness (QED) is 0.699. The summed E-state index contributed by atoms with van der Waals surface area (Å²) >= 11 is 8.76. The molecule has 0 aliphatic heterocycles. The first-order valence-electron chi connectivity index (χ1n) is 4.47. The van der Waals surface area contributed by atoms with E-state index in [0.717, 1.165) is 5.56 Å². The molecule has 1 aromatic carbocycles. The van der Waals surface area contributed by atoms with Crippen LogP contribution in [0.3, 0.4) is 0 Å². The van der Waals surface area contributed by atoms with E-state index in [1.165, 1.54) is 0 Å². The second-order valence-corrected chi connectivity index (χ2v) is 4.12. The van der Waals surface area contributed by atoms with E-state index >= 15 is 0 Å². The highest BCUT2D eigenvalue weighted by atomic mass is 79.9. The van der Waals surface area contributed by atoms with Crippen molar-refractivity contribution in [2.75, 3.05) is 5.33 Å². The van der Waals surface area contributed by atoms with Crippen molar-refractivity contribution in [1.29, 1.82) is 0 Å². The number of rotatable bonds is 4. The molecule has 1 rings (SSSR count). The van der Waals surface area contributed by atoms with Gasteiger partial charge in [0.25, 0.3) is 6.08 Å². The molecule has 0 spiro atoms. The van der Waals surface area contributed by atoms with Crippen LogP contribution in [0.5, 0.6) is 0 Å². The minimum absolute atomic E-state index is 0.157. The highest BCUT2D eigenvalue weighted by Crippen LogP contribution is 2.18. The molecule has 1 aromatic rings. The lowest BCUT2D eigenvalue weighted by atomic mass is 10.1. The molecular formula is C11H10BrClF2. The Hall–Kier alpha value is -0.410. The van der Waals surface area contributed by atoms with Crippen molar-refractivity contribution in [3.8, 4) is 0 Å². The molecule has 0 bridgehead atoms. The highest BCUT2D eigenvalue weighted by Gasteiger charge is 2.04. The molecule has 82 valence electrons. The van der Waals surface area contributed by atoms with Crippen LogP contribution in [-0.4, -0.2) is 5.33 Å². The fourth-order valence-electron chi connectivity index (χ4n) is 1.16. The number of halogens is 4. The van der Waals surface area contributed by atoms with Crippen LogP contribution in [0.4, 0.5) is 8.78 Å². The second-order valence-electron chi connectivity index (χ2n) is 3.12. The number of alkyl halides is 1. The molecule has 0 unspecified atom stereocenters. The highest BCUT2D eigenvalue weighted by molar-refractivity contribution is 9.09. The standard InChI is InChI=1S/C11H10BrClF2/c12-7-9(11(14)15)4-1-8-2-5-10(13)6-3-8/h2-3,5-6H,1,4,7H2. The van der Waals surface area contributed by atoms with Gasteiger partial charge in [-0.25, -0.2) is 0 Å². The van der Waals surface area contributed by atoms with Gasteiger partial charge in [0.05, 0.1) is 0 Å². The number of benzene rings is 1. The molecule has 0 aromatic heterocycles. The maximum Gasteiger partial charge on any atom is 0.270 e. The van der Waals surface area contributed by atoms with Crippen molar-refractivity contribution < 1.29 is 8.78 Å². The van der Waals surface area contributed by atoms with E-state index in [2.05, 4.69) is 15.9 Å². The molecule has 0 fully saturated rings. The van der Waals surface area contributed by atoms with E-state index in [-0.39, 0.29) is 10.9 Å². The van der Waals surface area contributed by atoms with Crippen molar-refractivity contribution in [3.05, 3.63) is 46.5 Å². The topological polar surface area (TPSA) is 0 Å². The Kier molecular flexibility index (Phi) is 5.26. The normalized spacial score (nSPS) is 10.1. The third kappa shape index (κ3) is 4.31. The summed E-state index contributed by atoms with van der Waals surface area (Å²) in [6.07, 6.45) is -0.606. The lowest BCUT2D eigenvalue weighted by molar-refractivity contribution is 0.408. The van der Waals surface area contributed by atoms with Gasteiger partial charge in [-0.2, -0.15) is 8.78 Å². The largest absolute Gasteiger partial charge is 0.270 e. The van der Waals surface area contributed by atoms with Gasteiger partial charge in [-0.1, -0.05) is 39.7 Å². The summed E-state index contributed by atoms with van der Waals surface area (Å²) in [4.78, 5) is 0. The minimum atomic E-state index is -1.58. The van der Waals surface area contributed by atoms with Crippen LogP contribution < -0.4 is 0 Å². The van der Waals surface area contributed by atoms with Gasteiger partial charge in [0.2, 0.25) is 0 Å². The predicted molar refractivity (Wildman–Crippen MR) is 62.8 cm³/mol. The number of aryl methyl sites for hydroxylation is 1. The second kappa shape index (κ2) is 6.23. The van der Waals surface area contributed by atoms with Crippen LogP contribution in [0.1, 0.15) is 12.0 Å². The van der Waals surface area contributed by atoms with E-state index in [1.54, 1.807) is 12.1 Å². The SMILES string of the molecule is FC(F)=C(CBr)CCc1ccc(Cl)cc1. The molecular weight excluding hydrogens is 285 g/mol. The average Bonchev–Trinajstić information content (AvgIpc) is 2.21. The van der Waals surface area contributed by atoms with E-state index in [0.29, 0.717) is 17.9 Å². The Balaban J connectivity index is 2.57. The fraction of sp³-hybridized carbons (Fsp3) is 0.273. The molecule has 0 saturated carbocycles. The van der Waals surface area contributed by atoms with Crippen molar-refractivity contribution in [1.82, 2.24) is 0 Å². The first-order valence-corrected chi connectivity index (χ1v) is 5.97. The molecule has 0 amide bonds. The van der Waals surface area contributed by atoms with E-state index < -0.39 is 6.08 Å². The van der Waals surface area contributed by atoms with E-state index in [1.807, 2.05) is 12.1 Å². The summed E-state index contributed by atoms with van der Waals surface area (Å²) in [5.74, 6) is 0. The predicted octanol–water partition coefficient (Wildman–Crippen LogP) is 4.82. The smallest absolute Gasteiger partial charge is 0.173 e. The summed E-state index contributed by atoms with van der Waals surface area (Å²) in [6, 6.07) is 7.23. The third-order valence-corrected chi connectivity index (χ3v) is 2.99. The summed E-state index contributed by atoms with van der Waals surface area (Å²) in [6.45, 7) is 0. The Morgan fingerprint density at radius 3 is 2.27 bits per heavy atom. The van der Waals surface area contributed by atoms with E-state index in [4.69, 9.17) is 11.6 Å². The number of hydrogen-bond acceptors (Lipinski definition) is 0. The Morgan fingerprint density at radius 1 is 1.20 bits per heavy atom. The van der Waals surface area contributed by atoms with E-state index in [9.17, 15) is 8.78 Å². The molecule has 0 radical (unpaired) electrons. The molecule has 0 atom stereocenters. The lowest BCUT2D eigenvalue weighted by Crippen LogP contribution is -1.91. The van der Waals surface area contributed by atoms with Gasteiger partial charge in [-0.05, 0) is 30.5 Å². The zero-order chi connectivity index (χ0) is 11.3. The molecule has 0 aliphatic rings. The van der Waals surface area contributed by atoms with Gasteiger partial charge in [0, 0.05) is 15.9 Å². The van der Waals surface area contributed by atoms with Crippen LogP contribution in [0.15, 0.2) is 35.9 Å².